The number of aliphatic carboxylic acids is 1. The number of aromatic nitrogens is 2. The molecule has 0 amide bonds. The fourth-order valence-electron chi connectivity index (χ4n) is 3.59. The first-order valence-corrected chi connectivity index (χ1v) is 10.3. The van der Waals surface area contributed by atoms with Crippen LogP contribution in [0.1, 0.15) is 19.0 Å². The van der Waals surface area contributed by atoms with E-state index in [9.17, 15) is 9.90 Å². The fraction of sp³-hybridized carbons (Fsp3) is 0.167. The Balaban J connectivity index is 1.69. The third kappa shape index (κ3) is 4.20. The Bertz CT molecular complexity index is 1250. The Hall–Kier alpha value is -3.51. The summed E-state index contributed by atoms with van der Waals surface area (Å²) in [5.41, 5.74) is 4.73. The summed E-state index contributed by atoms with van der Waals surface area (Å²) in [7, 11) is 0. The number of halogens is 1. The minimum absolute atomic E-state index is 0.0108. The molecule has 0 aliphatic carbocycles. The topological polar surface area (TPSA) is 95.4 Å². The van der Waals surface area contributed by atoms with E-state index in [1.54, 1.807) is 12.1 Å². The van der Waals surface area contributed by atoms with Crippen LogP contribution in [0.15, 0.2) is 54.6 Å². The second kappa shape index (κ2) is 8.70. The molecule has 7 heteroatoms. The number of nitrogens with zero attached hydrogens (tertiary/aromatic N) is 1. The lowest BCUT2D eigenvalue weighted by Gasteiger charge is -2.11. The van der Waals surface area contributed by atoms with Crippen molar-refractivity contribution in [2.75, 3.05) is 6.61 Å². The molecule has 0 aliphatic rings. The quantitative estimate of drug-likeness (QED) is 0.347. The van der Waals surface area contributed by atoms with Crippen LogP contribution in [-0.4, -0.2) is 33.0 Å². The Labute approximate surface area is 184 Å². The van der Waals surface area contributed by atoms with E-state index in [0.29, 0.717) is 35.1 Å². The van der Waals surface area contributed by atoms with Gasteiger partial charge in [0.25, 0.3) is 0 Å². The Kier molecular flexibility index (Phi) is 5.82. The molecule has 0 spiro atoms. The average Bonchev–Trinajstić information content (AvgIpc) is 3.15. The lowest BCUT2D eigenvalue weighted by atomic mass is 9.98. The molecular weight excluding hydrogens is 416 g/mol. The summed E-state index contributed by atoms with van der Waals surface area (Å²) in [6.45, 7) is 2.34. The smallest absolute Gasteiger partial charge is 0.303 e. The molecule has 1 aromatic heterocycles. The summed E-state index contributed by atoms with van der Waals surface area (Å²) in [5, 5.41) is 28.1. The van der Waals surface area contributed by atoms with Gasteiger partial charge in [-0.05, 0) is 36.2 Å². The van der Waals surface area contributed by atoms with E-state index in [1.807, 2.05) is 49.4 Å². The highest BCUT2D eigenvalue weighted by molar-refractivity contribution is 6.34. The maximum atomic E-state index is 10.9. The van der Waals surface area contributed by atoms with Gasteiger partial charge in [0.2, 0.25) is 0 Å². The van der Waals surface area contributed by atoms with Gasteiger partial charge in [0, 0.05) is 22.9 Å². The van der Waals surface area contributed by atoms with Gasteiger partial charge in [-0.25, -0.2) is 0 Å². The largest absolute Gasteiger partial charge is 0.504 e. The molecule has 0 atom stereocenters. The van der Waals surface area contributed by atoms with Crippen molar-refractivity contribution in [3.8, 4) is 33.8 Å². The molecule has 0 aliphatic heterocycles. The number of carbonyl (C=O) groups is 1. The third-order valence-electron chi connectivity index (χ3n) is 5.11. The van der Waals surface area contributed by atoms with E-state index in [-0.39, 0.29) is 12.2 Å². The van der Waals surface area contributed by atoms with Gasteiger partial charge >= 0.3 is 5.97 Å². The van der Waals surface area contributed by atoms with E-state index in [1.165, 1.54) is 0 Å². The van der Waals surface area contributed by atoms with Crippen LogP contribution in [0.4, 0.5) is 0 Å². The number of aryl methyl sites for hydroxylation is 1. The van der Waals surface area contributed by atoms with Crippen molar-refractivity contribution in [2.24, 2.45) is 0 Å². The van der Waals surface area contributed by atoms with Gasteiger partial charge in [-0.3, -0.25) is 9.89 Å². The van der Waals surface area contributed by atoms with Gasteiger partial charge in [-0.2, -0.15) is 5.10 Å². The van der Waals surface area contributed by atoms with Gasteiger partial charge < -0.3 is 14.9 Å². The number of para-hydroxylation sites is 1. The van der Waals surface area contributed by atoms with Crippen molar-refractivity contribution in [1.82, 2.24) is 10.2 Å². The van der Waals surface area contributed by atoms with E-state index >= 15 is 0 Å². The summed E-state index contributed by atoms with van der Waals surface area (Å²) in [4.78, 5) is 10.9. The standard InChI is InChI=1S/C24H21ClN2O4/c1-2-31-22-5-3-4-16(24(22)30)14-6-8-15(9-7-14)17-12-18-20(10-11-23(28)29)26-27-21(18)13-19(17)25/h3-9,12-13,30H,2,10-11H2,1H3,(H,26,27)(H,28,29). The van der Waals surface area contributed by atoms with Crippen LogP contribution in [0.25, 0.3) is 33.2 Å². The fourth-order valence-corrected chi connectivity index (χ4v) is 3.86. The molecule has 4 aromatic rings. The van der Waals surface area contributed by atoms with Gasteiger partial charge in [0.15, 0.2) is 11.5 Å². The minimum Gasteiger partial charge on any atom is -0.504 e. The molecule has 0 radical (unpaired) electrons. The summed E-state index contributed by atoms with van der Waals surface area (Å²) < 4.78 is 5.47. The first kappa shape index (κ1) is 20.8. The number of rotatable bonds is 7. The summed E-state index contributed by atoms with van der Waals surface area (Å²) in [6, 6.07) is 16.9. The normalized spacial score (nSPS) is 11.0. The highest BCUT2D eigenvalue weighted by Crippen LogP contribution is 2.39. The number of aromatic hydroxyl groups is 1. The molecule has 0 unspecified atom stereocenters. The number of carboxylic acid groups (broad SMARTS) is 1. The van der Waals surface area contributed by atoms with Crippen LogP contribution < -0.4 is 4.74 Å². The van der Waals surface area contributed by atoms with Crippen LogP contribution in [0.2, 0.25) is 5.02 Å². The zero-order valence-electron chi connectivity index (χ0n) is 16.9. The van der Waals surface area contributed by atoms with Crippen LogP contribution in [0.5, 0.6) is 11.5 Å². The number of carboxylic acids is 1. The van der Waals surface area contributed by atoms with Crippen molar-refractivity contribution in [3.63, 3.8) is 0 Å². The Morgan fingerprint density at radius 2 is 1.81 bits per heavy atom. The molecular formula is C24H21ClN2O4. The molecule has 0 saturated heterocycles. The highest BCUT2D eigenvalue weighted by Gasteiger charge is 2.14. The maximum Gasteiger partial charge on any atom is 0.303 e. The number of phenolic OH excluding ortho intramolecular Hbond substituents is 1. The van der Waals surface area contributed by atoms with Crippen molar-refractivity contribution in [1.29, 1.82) is 0 Å². The number of ether oxygens (including phenoxy) is 1. The first-order valence-electron chi connectivity index (χ1n) is 9.91. The van der Waals surface area contributed by atoms with Crippen molar-refractivity contribution in [2.45, 2.75) is 19.8 Å². The van der Waals surface area contributed by atoms with Crippen LogP contribution in [0.3, 0.4) is 0 Å². The molecule has 158 valence electrons. The van der Waals surface area contributed by atoms with Gasteiger partial charge in [-0.1, -0.05) is 48.0 Å². The molecule has 3 aromatic carbocycles. The van der Waals surface area contributed by atoms with Crippen LogP contribution in [0, 0.1) is 0 Å². The average molecular weight is 437 g/mol. The molecule has 0 saturated carbocycles. The van der Waals surface area contributed by atoms with Crippen LogP contribution >= 0.6 is 11.6 Å². The van der Waals surface area contributed by atoms with E-state index in [2.05, 4.69) is 10.2 Å². The monoisotopic (exact) mass is 436 g/mol. The molecule has 1 heterocycles. The molecule has 0 fully saturated rings. The van der Waals surface area contributed by atoms with Gasteiger partial charge in [0.05, 0.1) is 29.3 Å². The summed E-state index contributed by atoms with van der Waals surface area (Å²) >= 11 is 6.51. The summed E-state index contributed by atoms with van der Waals surface area (Å²) in [5.74, 6) is -0.304. The molecule has 4 rings (SSSR count). The number of aromatic amines is 1. The van der Waals surface area contributed by atoms with Crippen molar-refractivity contribution < 1.29 is 19.7 Å². The molecule has 3 N–H and O–H groups in total. The molecule has 31 heavy (non-hydrogen) atoms. The highest BCUT2D eigenvalue weighted by atomic mass is 35.5. The summed E-state index contributed by atoms with van der Waals surface area (Å²) in [6.07, 6.45) is 0.349. The number of fused-ring (bicyclic) bond motifs is 1. The lowest BCUT2D eigenvalue weighted by Crippen LogP contribution is -1.98. The number of hydrogen-bond acceptors (Lipinski definition) is 4. The Morgan fingerprint density at radius 3 is 2.48 bits per heavy atom. The van der Waals surface area contributed by atoms with E-state index in [4.69, 9.17) is 21.4 Å². The maximum absolute atomic E-state index is 10.9. The van der Waals surface area contributed by atoms with Crippen molar-refractivity contribution in [3.05, 3.63) is 65.3 Å². The first-order chi connectivity index (χ1) is 15.0. The van der Waals surface area contributed by atoms with Crippen molar-refractivity contribution >= 4 is 28.5 Å². The van der Waals surface area contributed by atoms with Gasteiger partial charge in [-0.15, -0.1) is 0 Å². The lowest BCUT2D eigenvalue weighted by molar-refractivity contribution is -0.136. The number of hydrogen-bond donors (Lipinski definition) is 3. The zero-order chi connectivity index (χ0) is 22.0. The van der Waals surface area contributed by atoms with E-state index in [0.717, 1.165) is 27.6 Å². The number of benzene rings is 3. The van der Waals surface area contributed by atoms with E-state index < -0.39 is 5.97 Å². The minimum atomic E-state index is -0.863. The SMILES string of the molecule is CCOc1cccc(-c2ccc(-c3cc4c(CCC(=O)O)n[nH]c4cc3Cl)cc2)c1O. The second-order valence-electron chi connectivity index (χ2n) is 7.10. The zero-order valence-corrected chi connectivity index (χ0v) is 17.6. The number of nitrogens with one attached hydrogen (secondary N) is 1. The number of H-pyrrole nitrogens is 1. The van der Waals surface area contributed by atoms with Gasteiger partial charge in [0.1, 0.15) is 0 Å². The predicted octanol–water partition coefficient (Wildman–Crippen LogP) is 5.67. The molecule has 6 nitrogen and oxygen atoms in total. The predicted molar refractivity (Wildman–Crippen MR) is 121 cm³/mol. The number of phenols is 1. The second-order valence-corrected chi connectivity index (χ2v) is 7.51. The Morgan fingerprint density at radius 1 is 1.10 bits per heavy atom. The third-order valence-corrected chi connectivity index (χ3v) is 5.42. The van der Waals surface area contributed by atoms with Crippen LogP contribution in [-0.2, 0) is 11.2 Å². The molecule has 0 bridgehead atoms.